The maximum atomic E-state index is 12.3. The SMILES string of the molecule is O=C(NCc1cccc(CC2(C(=O)O)C=CCO2)c1)c1ccc(Cl)cc1Cl. The highest BCUT2D eigenvalue weighted by molar-refractivity contribution is 6.36. The molecule has 1 aliphatic rings. The lowest BCUT2D eigenvalue weighted by Gasteiger charge is -2.22. The summed E-state index contributed by atoms with van der Waals surface area (Å²) < 4.78 is 5.42. The second kappa shape index (κ2) is 8.13. The Morgan fingerprint density at radius 2 is 1.93 bits per heavy atom. The van der Waals surface area contributed by atoms with E-state index in [1.807, 2.05) is 24.3 Å². The van der Waals surface area contributed by atoms with Gasteiger partial charge in [-0.2, -0.15) is 0 Å². The van der Waals surface area contributed by atoms with Crippen molar-refractivity contribution in [1.29, 1.82) is 0 Å². The maximum Gasteiger partial charge on any atom is 0.340 e. The van der Waals surface area contributed by atoms with E-state index in [9.17, 15) is 14.7 Å². The van der Waals surface area contributed by atoms with Crippen LogP contribution in [0.4, 0.5) is 0 Å². The van der Waals surface area contributed by atoms with Gasteiger partial charge in [-0.3, -0.25) is 4.79 Å². The number of nitrogens with one attached hydrogen (secondary N) is 1. The number of hydrogen-bond acceptors (Lipinski definition) is 3. The van der Waals surface area contributed by atoms with E-state index in [0.29, 0.717) is 10.6 Å². The number of rotatable bonds is 6. The molecule has 0 radical (unpaired) electrons. The molecule has 0 bridgehead atoms. The molecule has 140 valence electrons. The summed E-state index contributed by atoms with van der Waals surface area (Å²) in [4.78, 5) is 23.9. The van der Waals surface area contributed by atoms with Crippen LogP contribution < -0.4 is 5.32 Å². The number of hydrogen-bond donors (Lipinski definition) is 2. The molecular formula is C20H17Cl2NO4. The number of amides is 1. The molecule has 2 aromatic rings. The molecule has 1 heterocycles. The number of carbonyl (C=O) groups is 2. The first kappa shape index (κ1) is 19.4. The van der Waals surface area contributed by atoms with Gasteiger partial charge in [-0.1, -0.05) is 53.5 Å². The minimum Gasteiger partial charge on any atom is -0.479 e. The van der Waals surface area contributed by atoms with Crippen molar-refractivity contribution in [3.8, 4) is 0 Å². The highest BCUT2D eigenvalue weighted by Gasteiger charge is 2.39. The molecule has 3 rings (SSSR count). The second-order valence-corrected chi connectivity index (χ2v) is 7.06. The van der Waals surface area contributed by atoms with Gasteiger partial charge in [0, 0.05) is 18.0 Å². The van der Waals surface area contributed by atoms with Crippen LogP contribution in [0.1, 0.15) is 21.5 Å². The molecule has 0 aromatic heterocycles. The van der Waals surface area contributed by atoms with E-state index < -0.39 is 11.6 Å². The zero-order valence-electron chi connectivity index (χ0n) is 14.2. The Hall–Kier alpha value is -2.34. The monoisotopic (exact) mass is 405 g/mol. The van der Waals surface area contributed by atoms with Crippen LogP contribution in [0.15, 0.2) is 54.6 Å². The largest absolute Gasteiger partial charge is 0.479 e. The van der Waals surface area contributed by atoms with Crippen molar-refractivity contribution in [1.82, 2.24) is 5.32 Å². The number of carboxylic acids is 1. The lowest BCUT2D eigenvalue weighted by atomic mass is 9.94. The first-order valence-corrected chi connectivity index (χ1v) is 9.01. The van der Waals surface area contributed by atoms with Gasteiger partial charge in [-0.15, -0.1) is 0 Å². The van der Waals surface area contributed by atoms with E-state index in [0.717, 1.165) is 11.1 Å². The van der Waals surface area contributed by atoms with Crippen molar-refractivity contribution in [3.05, 3.63) is 81.4 Å². The van der Waals surface area contributed by atoms with Gasteiger partial charge in [0.2, 0.25) is 0 Å². The molecule has 2 N–H and O–H groups in total. The molecule has 0 saturated heterocycles. The van der Waals surface area contributed by atoms with Gasteiger partial charge < -0.3 is 15.2 Å². The predicted octanol–water partition coefficient (Wildman–Crippen LogP) is 3.88. The summed E-state index contributed by atoms with van der Waals surface area (Å²) in [5.74, 6) is -1.33. The van der Waals surface area contributed by atoms with Gasteiger partial charge >= 0.3 is 5.97 Å². The molecule has 1 unspecified atom stereocenters. The standard InChI is InChI=1S/C20H17Cl2NO4/c21-15-5-6-16(17(22)10-15)18(24)23-12-14-4-1-3-13(9-14)11-20(19(25)26)7-2-8-27-20/h1-7,9-10H,8,11-12H2,(H,23,24)(H,25,26). The maximum absolute atomic E-state index is 12.3. The van der Waals surface area contributed by atoms with Gasteiger partial charge in [-0.05, 0) is 35.4 Å². The van der Waals surface area contributed by atoms with E-state index in [2.05, 4.69) is 5.32 Å². The number of aliphatic carboxylic acids is 1. The van der Waals surface area contributed by atoms with Crippen LogP contribution in [0.25, 0.3) is 0 Å². The van der Waals surface area contributed by atoms with Crippen LogP contribution in [0.3, 0.4) is 0 Å². The van der Waals surface area contributed by atoms with Gasteiger partial charge in [0.15, 0.2) is 5.60 Å². The topological polar surface area (TPSA) is 75.6 Å². The van der Waals surface area contributed by atoms with Crippen molar-refractivity contribution in [2.75, 3.05) is 6.61 Å². The molecule has 27 heavy (non-hydrogen) atoms. The number of halogens is 2. The minimum absolute atomic E-state index is 0.212. The summed E-state index contributed by atoms with van der Waals surface area (Å²) in [6, 6.07) is 12.0. The first-order chi connectivity index (χ1) is 12.9. The normalized spacial score (nSPS) is 18.4. The molecule has 2 aromatic carbocycles. The fourth-order valence-electron chi connectivity index (χ4n) is 2.91. The zero-order chi connectivity index (χ0) is 19.4. The summed E-state index contributed by atoms with van der Waals surface area (Å²) in [5.41, 5.74) is 0.652. The third-order valence-corrected chi connectivity index (χ3v) is 4.82. The van der Waals surface area contributed by atoms with E-state index >= 15 is 0 Å². The molecular weight excluding hydrogens is 389 g/mol. The van der Waals surface area contributed by atoms with Crippen molar-refractivity contribution in [3.63, 3.8) is 0 Å². The van der Waals surface area contributed by atoms with Crippen LogP contribution >= 0.6 is 23.2 Å². The zero-order valence-corrected chi connectivity index (χ0v) is 15.8. The third-order valence-electron chi connectivity index (χ3n) is 4.27. The molecule has 1 aliphatic heterocycles. The van der Waals surface area contributed by atoms with Crippen LogP contribution in [0.5, 0.6) is 0 Å². The van der Waals surface area contributed by atoms with Gasteiger partial charge in [-0.25, -0.2) is 4.79 Å². The number of ether oxygens (including phenoxy) is 1. The van der Waals surface area contributed by atoms with Gasteiger partial charge in [0.1, 0.15) is 0 Å². The number of carbonyl (C=O) groups excluding carboxylic acids is 1. The Balaban J connectivity index is 1.68. The number of benzene rings is 2. The Morgan fingerprint density at radius 3 is 2.59 bits per heavy atom. The van der Waals surface area contributed by atoms with Crippen molar-refractivity contribution >= 4 is 35.1 Å². The highest BCUT2D eigenvalue weighted by atomic mass is 35.5. The molecule has 0 spiro atoms. The Bertz CT molecular complexity index is 913. The summed E-state index contributed by atoms with van der Waals surface area (Å²) in [7, 11) is 0. The Morgan fingerprint density at radius 1 is 1.15 bits per heavy atom. The fourth-order valence-corrected chi connectivity index (χ4v) is 3.40. The molecule has 0 saturated carbocycles. The fraction of sp³-hybridized carbons (Fsp3) is 0.200. The molecule has 0 fully saturated rings. The summed E-state index contributed by atoms with van der Waals surface area (Å²) in [6.07, 6.45) is 3.49. The van der Waals surface area contributed by atoms with E-state index in [-0.39, 0.29) is 30.5 Å². The van der Waals surface area contributed by atoms with Crippen LogP contribution in [0, 0.1) is 0 Å². The van der Waals surface area contributed by atoms with E-state index in [1.165, 1.54) is 6.07 Å². The van der Waals surface area contributed by atoms with Crippen molar-refractivity contribution in [2.45, 2.75) is 18.6 Å². The smallest absolute Gasteiger partial charge is 0.340 e. The van der Waals surface area contributed by atoms with Crippen LogP contribution in [0.2, 0.25) is 10.0 Å². The Labute approximate surface area is 166 Å². The summed E-state index contributed by atoms with van der Waals surface area (Å²) >= 11 is 11.9. The average molecular weight is 406 g/mol. The van der Waals surface area contributed by atoms with E-state index in [4.69, 9.17) is 27.9 Å². The first-order valence-electron chi connectivity index (χ1n) is 8.26. The highest BCUT2D eigenvalue weighted by Crippen LogP contribution is 2.25. The van der Waals surface area contributed by atoms with Gasteiger partial charge in [0.25, 0.3) is 5.91 Å². The minimum atomic E-state index is -1.33. The lowest BCUT2D eigenvalue weighted by molar-refractivity contribution is -0.156. The van der Waals surface area contributed by atoms with Gasteiger partial charge in [0.05, 0.1) is 17.2 Å². The molecule has 1 atom stereocenters. The summed E-state index contributed by atoms with van der Waals surface area (Å²) in [6.45, 7) is 0.562. The summed E-state index contributed by atoms with van der Waals surface area (Å²) in [5, 5.41) is 13.0. The Kier molecular flexibility index (Phi) is 5.85. The average Bonchev–Trinajstić information content (AvgIpc) is 3.10. The molecule has 7 heteroatoms. The third kappa shape index (κ3) is 4.50. The van der Waals surface area contributed by atoms with Crippen molar-refractivity contribution < 1.29 is 19.4 Å². The second-order valence-electron chi connectivity index (χ2n) is 6.21. The van der Waals surface area contributed by atoms with E-state index in [1.54, 1.807) is 24.3 Å². The quantitative estimate of drug-likeness (QED) is 0.715. The van der Waals surface area contributed by atoms with Crippen LogP contribution in [-0.2, 0) is 22.5 Å². The number of carboxylic acid groups (broad SMARTS) is 1. The molecule has 5 nitrogen and oxygen atoms in total. The van der Waals surface area contributed by atoms with Crippen molar-refractivity contribution in [2.24, 2.45) is 0 Å². The predicted molar refractivity (Wildman–Crippen MR) is 103 cm³/mol. The molecule has 0 aliphatic carbocycles. The lowest BCUT2D eigenvalue weighted by Crippen LogP contribution is -2.39. The molecule has 1 amide bonds. The van der Waals surface area contributed by atoms with Crippen LogP contribution in [-0.4, -0.2) is 29.2 Å².